The van der Waals surface area contributed by atoms with Crippen molar-refractivity contribution >= 4 is 33.6 Å². The van der Waals surface area contributed by atoms with Crippen molar-refractivity contribution in [1.82, 2.24) is 10.6 Å². The summed E-state index contributed by atoms with van der Waals surface area (Å²) in [6.07, 6.45) is 1.66. The monoisotopic (exact) mass is 447 g/mol. The predicted octanol–water partition coefficient (Wildman–Crippen LogP) is 2.29. The number of imide groups is 1. The van der Waals surface area contributed by atoms with Crippen LogP contribution in [0, 0.1) is 0 Å². The smallest absolute Gasteiger partial charge is 0.338 e. The SMILES string of the molecule is CCCCNC(=O)NC(=O)COC(=O)c1cccc(S(=O)(=O)N(C)c2ccccc2)c1. The van der Waals surface area contributed by atoms with Crippen LogP contribution in [-0.2, 0) is 19.6 Å². The third kappa shape index (κ3) is 6.82. The quantitative estimate of drug-likeness (QED) is 0.449. The molecule has 10 heteroatoms. The molecule has 2 aromatic rings. The third-order valence-corrected chi connectivity index (χ3v) is 6.03. The fourth-order valence-corrected chi connectivity index (χ4v) is 3.76. The summed E-state index contributed by atoms with van der Waals surface area (Å²) < 4.78 is 31.7. The van der Waals surface area contributed by atoms with Gasteiger partial charge in [-0.25, -0.2) is 18.0 Å². The van der Waals surface area contributed by atoms with Gasteiger partial charge in [-0.15, -0.1) is 0 Å². The molecular weight excluding hydrogens is 422 g/mol. The fraction of sp³-hybridized carbons (Fsp3) is 0.286. The Morgan fingerprint density at radius 1 is 1.03 bits per heavy atom. The standard InChI is InChI=1S/C21H25N3O6S/c1-3-4-13-22-21(27)23-19(25)15-30-20(26)16-9-8-12-18(14-16)31(28,29)24(2)17-10-6-5-7-11-17/h5-12,14H,3-4,13,15H2,1-2H3,(H2,22,23,25,27). The Morgan fingerprint density at radius 3 is 2.42 bits per heavy atom. The molecule has 166 valence electrons. The summed E-state index contributed by atoms with van der Waals surface area (Å²) in [5.41, 5.74) is 0.423. The van der Waals surface area contributed by atoms with E-state index in [1.54, 1.807) is 30.3 Å². The molecule has 0 atom stereocenters. The summed E-state index contributed by atoms with van der Waals surface area (Å²) >= 11 is 0. The lowest BCUT2D eigenvalue weighted by Gasteiger charge is -2.19. The minimum absolute atomic E-state index is 0.0391. The lowest BCUT2D eigenvalue weighted by molar-refractivity contribution is -0.123. The van der Waals surface area contributed by atoms with Gasteiger partial charge in [0, 0.05) is 13.6 Å². The molecule has 0 spiro atoms. The summed E-state index contributed by atoms with van der Waals surface area (Å²) in [7, 11) is -2.50. The molecule has 0 saturated carbocycles. The largest absolute Gasteiger partial charge is 0.452 e. The van der Waals surface area contributed by atoms with Crippen LogP contribution in [0.3, 0.4) is 0 Å². The van der Waals surface area contributed by atoms with Gasteiger partial charge in [-0.2, -0.15) is 0 Å². The van der Waals surface area contributed by atoms with Gasteiger partial charge in [0.15, 0.2) is 6.61 Å². The highest BCUT2D eigenvalue weighted by molar-refractivity contribution is 7.92. The van der Waals surface area contributed by atoms with Gasteiger partial charge < -0.3 is 10.1 Å². The molecule has 0 saturated heterocycles. The van der Waals surface area contributed by atoms with E-state index in [4.69, 9.17) is 4.74 Å². The molecule has 0 aliphatic heterocycles. The highest BCUT2D eigenvalue weighted by Gasteiger charge is 2.23. The lowest BCUT2D eigenvalue weighted by atomic mass is 10.2. The molecule has 0 aliphatic carbocycles. The molecule has 0 unspecified atom stereocenters. The van der Waals surface area contributed by atoms with Crippen molar-refractivity contribution in [2.45, 2.75) is 24.7 Å². The minimum atomic E-state index is -3.91. The third-order valence-electron chi connectivity index (χ3n) is 4.25. The summed E-state index contributed by atoms with van der Waals surface area (Å²) in [4.78, 5) is 35.4. The number of nitrogens with zero attached hydrogens (tertiary/aromatic N) is 1. The number of urea groups is 1. The highest BCUT2D eigenvalue weighted by Crippen LogP contribution is 2.22. The molecule has 0 aliphatic rings. The number of unbranched alkanes of at least 4 members (excludes halogenated alkanes) is 1. The fourth-order valence-electron chi connectivity index (χ4n) is 2.52. The van der Waals surface area contributed by atoms with E-state index in [2.05, 4.69) is 5.32 Å². The van der Waals surface area contributed by atoms with Crippen LogP contribution in [-0.4, -0.2) is 46.5 Å². The van der Waals surface area contributed by atoms with Gasteiger partial charge in [0.25, 0.3) is 15.9 Å². The maximum absolute atomic E-state index is 12.9. The van der Waals surface area contributed by atoms with Crippen molar-refractivity contribution in [1.29, 1.82) is 0 Å². The number of nitrogens with one attached hydrogen (secondary N) is 2. The molecule has 0 heterocycles. The number of carbonyl (C=O) groups excluding carboxylic acids is 3. The Bertz CT molecular complexity index is 1020. The van der Waals surface area contributed by atoms with E-state index in [0.29, 0.717) is 12.2 Å². The summed E-state index contributed by atoms with van der Waals surface area (Å²) in [5, 5.41) is 4.54. The van der Waals surface area contributed by atoms with Crippen LogP contribution in [0.1, 0.15) is 30.1 Å². The molecule has 2 N–H and O–H groups in total. The molecule has 0 bridgehead atoms. The van der Waals surface area contributed by atoms with Crippen LogP contribution >= 0.6 is 0 Å². The van der Waals surface area contributed by atoms with Crippen molar-refractivity contribution in [3.05, 3.63) is 60.2 Å². The van der Waals surface area contributed by atoms with E-state index in [9.17, 15) is 22.8 Å². The first-order valence-electron chi connectivity index (χ1n) is 9.64. The van der Waals surface area contributed by atoms with E-state index in [0.717, 1.165) is 17.1 Å². The molecule has 0 aromatic heterocycles. The predicted molar refractivity (Wildman–Crippen MR) is 115 cm³/mol. The second-order valence-corrected chi connectivity index (χ2v) is 8.54. The first kappa shape index (κ1) is 23.9. The highest BCUT2D eigenvalue weighted by atomic mass is 32.2. The lowest BCUT2D eigenvalue weighted by Crippen LogP contribution is -2.41. The van der Waals surface area contributed by atoms with Crippen molar-refractivity contribution in [3.8, 4) is 0 Å². The van der Waals surface area contributed by atoms with Gasteiger partial charge in [-0.3, -0.25) is 14.4 Å². The second kappa shape index (κ2) is 11.1. The zero-order valence-corrected chi connectivity index (χ0v) is 18.1. The average Bonchev–Trinajstić information content (AvgIpc) is 2.77. The maximum atomic E-state index is 12.9. The van der Waals surface area contributed by atoms with Crippen LogP contribution < -0.4 is 14.9 Å². The van der Waals surface area contributed by atoms with Crippen molar-refractivity contribution < 1.29 is 27.5 Å². The van der Waals surface area contributed by atoms with Crippen molar-refractivity contribution in [2.75, 3.05) is 24.5 Å². The topological polar surface area (TPSA) is 122 Å². The number of ether oxygens (including phenoxy) is 1. The van der Waals surface area contributed by atoms with Gasteiger partial charge in [0.1, 0.15) is 0 Å². The Hall–Kier alpha value is -3.40. The van der Waals surface area contributed by atoms with Gasteiger partial charge in [-0.05, 0) is 36.8 Å². The normalized spacial score (nSPS) is 10.8. The molecule has 2 rings (SSSR count). The number of sulfonamides is 1. The summed E-state index contributed by atoms with van der Waals surface area (Å²) in [6.45, 7) is 1.71. The Balaban J connectivity index is 2.00. The molecule has 3 amide bonds. The van der Waals surface area contributed by atoms with Crippen LogP contribution in [0.15, 0.2) is 59.5 Å². The number of benzene rings is 2. The summed E-state index contributed by atoms with van der Waals surface area (Å²) in [6, 6.07) is 13.1. The van der Waals surface area contributed by atoms with E-state index in [1.807, 2.05) is 12.2 Å². The van der Waals surface area contributed by atoms with Gasteiger partial charge in [0.2, 0.25) is 0 Å². The Morgan fingerprint density at radius 2 is 1.74 bits per heavy atom. The number of carbonyl (C=O) groups is 3. The van der Waals surface area contributed by atoms with Crippen LogP contribution in [0.4, 0.5) is 10.5 Å². The number of para-hydroxylation sites is 1. The van der Waals surface area contributed by atoms with Gasteiger partial charge >= 0.3 is 12.0 Å². The van der Waals surface area contributed by atoms with Crippen LogP contribution in [0.25, 0.3) is 0 Å². The molecule has 31 heavy (non-hydrogen) atoms. The number of amides is 3. The van der Waals surface area contributed by atoms with Crippen molar-refractivity contribution in [3.63, 3.8) is 0 Å². The number of hydrogen-bond donors (Lipinski definition) is 2. The first-order valence-corrected chi connectivity index (χ1v) is 11.1. The summed E-state index contributed by atoms with van der Waals surface area (Å²) in [5.74, 6) is -1.68. The minimum Gasteiger partial charge on any atom is -0.452 e. The molecule has 2 aromatic carbocycles. The average molecular weight is 448 g/mol. The van der Waals surface area contributed by atoms with E-state index in [1.165, 1.54) is 31.3 Å². The second-order valence-electron chi connectivity index (χ2n) is 6.57. The molecular formula is C21H25N3O6S. The Kier molecular flexibility index (Phi) is 8.56. The Labute approximate surface area is 181 Å². The van der Waals surface area contributed by atoms with Crippen molar-refractivity contribution in [2.24, 2.45) is 0 Å². The molecule has 9 nitrogen and oxygen atoms in total. The van der Waals surface area contributed by atoms with Gasteiger partial charge in [0.05, 0.1) is 16.1 Å². The number of hydrogen-bond acceptors (Lipinski definition) is 6. The van der Waals surface area contributed by atoms with E-state index in [-0.39, 0.29) is 10.5 Å². The van der Waals surface area contributed by atoms with Gasteiger partial charge in [-0.1, -0.05) is 37.6 Å². The number of rotatable bonds is 9. The number of anilines is 1. The van der Waals surface area contributed by atoms with E-state index >= 15 is 0 Å². The maximum Gasteiger partial charge on any atom is 0.338 e. The first-order chi connectivity index (χ1) is 14.8. The number of esters is 1. The molecule has 0 radical (unpaired) electrons. The van der Waals surface area contributed by atoms with Crippen LogP contribution in [0.5, 0.6) is 0 Å². The van der Waals surface area contributed by atoms with Crippen LogP contribution in [0.2, 0.25) is 0 Å². The zero-order valence-electron chi connectivity index (χ0n) is 17.3. The molecule has 0 fully saturated rings. The van der Waals surface area contributed by atoms with E-state index < -0.39 is 34.5 Å². The zero-order chi connectivity index (χ0) is 22.9.